The number of aliphatic imine (C=N–C) groups is 1. The maximum Gasteiger partial charge on any atom is 0.410 e. The van der Waals surface area contributed by atoms with E-state index in [1.807, 2.05) is 85.5 Å². The molecule has 7 fully saturated rings. The molecule has 1 unspecified atom stereocenters. The number of amides is 3. The predicted octanol–water partition coefficient (Wildman–Crippen LogP) is 9.47. The molecular weight excluding hydrogens is 1270 g/mol. The third-order valence-electron chi connectivity index (χ3n) is 15.3. The maximum atomic E-state index is 10.9. The van der Waals surface area contributed by atoms with E-state index in [1.54, 1.807) is 46.9 Å². The van der Waals surface area contributed by atoms with Crippen molar-refractivity contribution in [3.05, 3.63) is 12.3 Å². The Morgan fingerprint density at radius 2 is 1.01 bits per heavy atom. The van der Waals surface area contributed by atoms with Crippen molar-refractivity contribution in [3.63, 3.8) is 0 Å². The second-order valence-electron chi connectivity index (χ2n) is 34.8. The number of hydrazone groups is 1. The first-order chi connectivity index (χ1) is 42.4. The second-order valence-corrected chi connectivity index (χ2v) is 38.1. The Labute approximate surface area is 585 Å². The summed E-state index contributed by atoms with van der Waals surface area (Å²) in [5, 5.41) is 15.8. The van der Waals surface area contributed by atoms with Crippen LogP contribution in [0.4, 0.5) is 4.79 Å². The number of likely N-dealkylation sites (tertiary alicyclic amines) is 3. The summed E-state index contributed by atoms with van der Waals surface area (Å²) in [6.07, 6.45) is 10.5. The highest BCUT2D eigenvalue weighted by molar-refractivity contribution is 7.84. The van der Waals surface area contributed by atoms with Crippen molar-refractivity contribution in [1.82, 2.24) is 52.9 Å². The molecule has 1 atom stereocenters. The zero-order valence-electron chi connectivity index (χ0n) is 65.4. The monoisotopic (exact) mass is 1400 g/mol. The number of nitrogens with zero attached hydrogens (tertiary/aromatic N) is 15. The minimum absolute atomic E-state index is 0.0503. The number of hydrogen-bond acceptors (Lipinski definition) is 20. The lowest BCUT2D eigenvalue weighted by Gasteiger charge is -2.16. The summed E-state index contributed by atoms with van der Waals surface area (Å²) in [6.45, 7) is 56.4. The molecule has 25 nitrogen and oxygen atoms in total. The number of ether oxygens (including phenoxy) is 2. The molecule has 0 aromatic carbocycles. The zero-order chi connectivity index (χ0) is 74.3. The lowest BCUT2D eigenvalue weighted by molar-refractivity contribution is -0.127. The second kappa shape index (κ2) is 34.8. The highest BCUT2D eigenvalue weighted by Gasteiger charge is 2.41. The zero-order valence-corrected chi connectivity index (χ0v) is 67.9. The molecule has 0 aromatic heterocycles. The van der Waals surface area contributed by atoms with Crippen molar-refractivity contribution in [1.29, 1.82) is 0 Å². The van der Waals surface area contributed by atoms with Gasteiger partial charge in [-0.1, -0.05) is 92.8 Å². The summed E-state index contributed by atoms with van der Waals surface area (Å²) < 4.78 is 55.6. The van der Waals surface area contributed by atoms with Crippen LogP contribution in [0.5, 0.6) is 0 Å². The molecule has 0 radical (unpaired) electrons. The van der Waals surface area contributed by atoms with E-state index >= 15 is 0 Å². The number of likely N-dealkylation sites (N-methyl/N-ethyl adjacent to an activating group) is 6. The van der Waals surface area contributed by atoms with E-state index in [2.05, 4.69) is 184 Å². The minimum Gasteiger partial charge on any atom is -0.442 e. The van der Waals surface area contributed by atoms with Gasteiger partial charge in [-0.3, -0.25) is 37.9 Å². The summed E-state index contributed by atoms with van der Waals surface area (Å²) in [5.41, 5.74) is 0.782. The van der Waals surface area contributed by atoms with Crippen molar-refractivity contribution in [2.45, 2.75) is 205 Å². The van der Waals surface area contributed by atoms with Crippen LogP contribution in [0.15, 0.2) is 32.7 Å². The first kappa shape index (κ1) is 88.9. The fourth-order valence-electron chi connectivity index (χ4n) is 11.6. The van der Waals surface area contributed by atoms with Crippen LogP contribution in [0, 0.1) is 27.1 Å². The van der Waals surface area contributed by atoms with Crippen LogP contribution in [0.1, 0.15) is 172 Å². The molecule has 11 aliphatic rings. The van der Waals surface area contributed by atoms with Gasteiger partial charge < -0.3 is 38.9 Å². The Hall–Kier alpha value is -4.16. The van der Waals surface area contributed by atoms with Gasteiger partial charge in [0, 0.05) is 166 Å². The Kier molecular flexibility index (Phi) is 32.5. The smallest absolute Gasteiger partial charge is 0.410 e. The lowest BCUT2D eigenvalue weighted by atomic mass is 9.93. The van der Waals surface area contributed by atoms with Gasteiger partial charge in [0.1, 0.15) is 5.60 Å². The van der Waals surface area contributed by atoms with Crippen LogP contribution in [0.2, 0.25) is 0 Å². The molecule has 28 heteroatoms. The van der Waals surface area contributed by atoms with E-state index in [1.165, 1.54) is 11.4 Å². The average molecular weight is 1410 g/mol. The number of thiocarbonyl (C=S) groups is 1. The highest BCUT2D eigenvalue weighted by atomic mass is 32.2. The van der Waals surface area contributed by atoms with E-state index in [-0.39, 0.29) is 56.6 Å². The van der Waals surface area contributed by atoms with Gasteiger partial charge in [-0.05, 0) is 113 Å². The van der Waals surface area contributed by atoms with Gasteiger partial charge in [-0.15, -0.1) is 0 Å². The quantitative estimate of drug-likeness (QED) is 0.206. The summed E-state index contributed by atoms with van der Waals surface area (Å²) in [4.78, 5) is 51.7. The third kappa shape index (κ3) is 36.5. The third-order valence-corrected chi connectivity index (χ3v) is 18.5. The van der Waals surface area contributed by atoms with Crippen molar-refractivity contribution in [2.24, 2.45) is 47.5 Å². The predicted molar refractivity (Wildman–Crippen MR) is 391 cm³/mol. The summed E-state index contributed by atoms with van der Waals surface area (Å²) in [5.74, 6) is 0.556. The summed E-state index contributed by atoms with van der Waals surface area (Å²) in [6, 6.07) is 0. The summed E-state index contributed by atoms with van der Waals surface area (Å²) >= 11 is 3.91. The molecule has 11 rings (SSSR count). The van der Waals surface area contributed by atoms with Gasteiger partial charge in [0.2, 0.25) is 23.1 Å². The standard InChI is InChI=1S/2C7H13NO.C7H13NS.C7H13N.2C6H12N2.C6H11NO2.C6H13NO.C5H11N3.C5H11NO3S.C5H11NO2S/c3*1-7(2)4-6(9)8(3)5-7;1-7(2)4-5-8(3)6-7;1-6(2)4-8(3)5-7-6;1-6(2)4-7-8(3)5-6;1-6(2)4-7(3)5(8)9-6;1-6(2)4-7(3)5-8-6;1-5(2)4-8(3)7-6-5;1-5(2)4-6(3)10(7,8)9-5;1-5(2)4-6(3)9(7)8-5/h3*4-5H2,1-3H3;4-5H,6H2,1-3H3;5H,4H2,1-3H3;4H,5H2,1-3H3;4H2,1-3H3;4-5H2,1-3H3;4H2,1-3H3;4H2,1-3H3;4H2,1-3H3. The number of cyclic esters (lactones) is 1. The normalized spacial score (nSPS) is 26.8. The van der Waals surface area contributed by atoms with Crippen LogP contribution in [0.3, 0.4) is 0 Å². The fraction of sp³-hybridized carbons (Fsp3) is 0.881. The molecule has 0 N–H and O–H groups in total. The minimum atomic E-state index is -3.40. The average Bonchev–Trinajstić information content (AvgIpc) is 1.67. The van der Waals surface area contributed by atoms with E-state index < -0.39 is 27.2 Å². The molecule has 11 aliphatic heterocycles. The van der Waals surface area contributed by atoms with Crippen molar-refractivity contribution in [2.75, 3.05) is 156 Å². The lowest BCUT2D eigenvalue weighted by Crippen LogP contribution is -2.25. The molecule has 0 aromatic rings. The Morgan fingerprint density at radius 3 is 1.12 bits per heavy atom. The van der Waals surface area contributed by atoms with Gasteiger partial charge >= 0.3 is 16.4 Å². The summed E-state index contributed by atoms with van der Waals surface area (Å²) in [7, 11) is 17.5. The molecule has 0 spiro atoms. The molecule has 7 saturated heterocycles. The fourth-order valence-corrected chi connectivity index (χ4v) is 14.3. The molecule has 554 valence electrons. The Morgan fingerprint density at radius 1 is 0.505 bits per heavy atom. The first-order valence-corrected chi connectivity index (χ1v) is 35.7. The Bertz CT molecular complexity index is 2450. The van der Waals surface area contributed by atoms with Crippen LogP contribution >= 0.6 is 12.2 Å². The number of rotatable bonds is 0. The van der Waals surface area contributed by atoms with Crippen molar-refractivity contribution < 1.29 is 44.9 Å². The van der Waals surface area contributed by atoms with Crippen molar-refractivity contribution in [3.8, 4) is 0 Å². The van der Waals surface area contributed by atoms with E-state index in [9.17, 15) is 27.0 Å². The molecule has 3 amide bonds. The van der Waals surface area contributed by atoms with Crippen molar-refractivity contribution >= 4 is 69.2 Å². The molecule has 11 heterocycles. The SMILES string of the molecule is CN1C=CC(C)(C)C1.CN1C=NC(C)(C)C1.CN1CC(C)(C)C=N1.CN1CC(C)(C)CC1=O.CN1CC(C)(C)CC1=O.CN1CC(C)(C)CC1=S.CN1CC(C)(C)N=N1.CN1CC(C)(C)OC1=O.CN1CC(C)(C)OS1(=O)=O.CN1CC(C)(C)OS1=O.CN1COC(C)(C)C1. The molecule has 0 saturated carbocycles. The topological polar surface area (TPSA) is 224 Å². The number of carbonyl (C=O) groups excluding carboxylic acids is 3. The molecule has 0 bridgehead atoms. The molecule has 0 aliphatic carbocycles. The van der Waals surface area contributed by atoms with E-state index in [4.69, 9.17) is 30.1 Å². The molecule has 95 heavy (non-hydrogen) atoms. The maximum absolute atomic E-state index is 10.9. The van der Waals surface area contributed by atoms with Crippen LogP contribution in [-0.2, 0) is 49.0 Å². The largest absolute Gasteiger partial charge is 0.442 e. The van der Waals surface area contributed by atoms with E-state index in [0.717, 1.165) is 77.0 Å². The number of carbonyl (C=O) groups is 3. The van der Waals surface area contributed by atoms with Crippen LogP contribution < -0.4 is 0 Å². The van der Waals surface area contributed by atoms with Crippen LogP contribution in [0.25, 0.3) is 0 Å². The highest BCUT2D eigenvalue weighted by Crippen LogP contribution is 2.32. The van der Waals surface area contributed by atoms with Gasteiger partial charge in [0.15, 0.2) is 0 Å². The molecular formula is C67H133N15O10S3. The Balaban J connectivity index is 0.000000523. The van der Waals surface area contributed by atoms with E-state index in [0.29, 0.717) is 42.2 Å². The first-order valence-electron chi connectivity index (χ1n) is 32.9. The van der Waals surface area contributed by atoms with Gasteiger partial charge in [0.05, 0.1) is 59.0 Å². The van der Waals surface area contributed by atoms with Crippen LogP contribution in [-0.4, -0.2) is 291 Å². The number of hydrogen-bond donors (Lipinski definition) is 0. The van der Waals surface area contributed by atoms with Gasteiger partial charge in [-0.2, -0.15) is 22.9 Å². The van der Waals surface area contributed by atoms with Gasteiger partial charge in [-0.25, -0.2) is 13.3 Å². The van der Waals surface area contributed by atoms with Gasteiger partial charge in [0.25, 0.3) is 0 Å².